The van der Waals surface area contributed by atoms with Crippen molar-refractivity contribution in [1.29, 1.82) is 0 Å². The number of rotatable bonds is 13. The van der Waals surface area contributed by atoms with Crippen molar-refractivity contribution in [1.82, 2.24) is 34.8 Å². The van der Waals surface area contributed by atoms with Crippen molar-refractivity contribution >= 4 is 28.6 Å². The van der Waals surface area contributed by atoms with E-state index in [-0.39, 0.29) is 35.1 Å². The molecule has 1 aliphatic carbocycles. The minimum atomic E-state index is -4.53. The Morgan fingerprint density at radius 2 is 1.86 bits per heavy atom. The number of hydrogen-bond acceptors (Lipinski definition) is 10. The number of aliphatic carboxylic acids is 1. The summed E-state index contributed by atoms with van der Waals surface area (Å²) in [5.41, 5.74) is 1.91. The van der Waals surface area contributed by atoms with Crippen LogP contribution < -0.4 is 9.80 Å². The molecule has 0 spiro atoms. The topological polar surface area (TPSA) is 136 Å². The van der Waals surface area contributed by atoms with E-state index in [0.717, 1.165) is 38.1 Å². The molecule has 50 heavy (non-hydrogen) atoms. The van der Waals surface area contributed by atoms with Crippen LogP contribution >= 0.6 is 0 Å². The smallest absolute Gasteiger partial charge is 0.418 e. The number of aromatic amines is 1. The summed E-state index contributed by atoms with van der Waals surface area (Å²) in [5, 5.41) is 8.96. The molecular formula is C35H44F3N9O3. The number of piperazine rings is 1. The molecule has 0 amide bonds. The molecule has 1 saturated heterocycles. The molecule has 2 aliphatic rings. The Morgan fingerprint density at radius 1 is 1.08 bits per heavy atom. The third-order valence-electron chi connectivity index (χ3n) is 9.34. The normalized spacial score (nSPS) is 17.4. The van der Waals surface area contributed by atoms with Gasteiger partial charge in [-0.25, -0.2) is 19.9 Å². The number of anilines is 2. The zero-order chi connectivity index (χ0) is 35.8. The summed E-state index contributed by atoms with van der Waals surface area (Å²) in [5.74, 6) is 0.220. The molecule has 15 heteroatoms. The fourth-order valence-corrected chi connectivity index (χ4v) is 6.81. The molecule has 0 unspecified atom stereocenters. The summed E-state index contributed by atoms with van der Waals surface area (Å²) in [7, 11) is 3.58. The van der Waals surface area contributed by atoms with Crippen LogP contribution in [0.15, 0.2) is 30.7 Å². The van der Waals surface area contributed by atoms with E-state index in [1.54, 1.807) is 25.6 Å². The fraction of sp³-hybridized carbons (Fsp3) is 0.543. The molecule has 5 heterocycles. The van der Waals surface area contributed by atoms with Gasteiger partial charge in [0.05, 0.1) is 41.6 Å². The molecule has 4 aromatic rings. The Balaban J connectivity index is 1.30. The number of nitrogens with one attached hydrogen (secondary N) is 1. The van der Waals surface area contributed by atoms with Gasteiger partial charge in [-0.05, 0) is 44.9 Å². The first-order valence-electron chi connectivity index (χ1n) is 16.9. The number of H-pyrrole nitrogens is 1. The molecule has 0 bridgehead atoms. The van der Waals surface area contributed by atoms with Gasteiger partial charge in [-0.1, -0.05) is 13.8 Å². The molecule has 268 valence electrons. The number of carbonyl (C=O) groups is 1. The van der Waals surface area contributed by atoms with Crippen LogP contribution in [0.5, 0.6) is 0 Å². The van der Waals surface area contributed by atoms with Gasteiger partial charge in [0.25, 0.3) is 0 Å². The number of ether oxygens (including phenoxy) is 1. The van der Waals surface area contributed by atoms with Gasteiger partial charge in [-0.2, -0.15) is 13.2 Å². The van der Waals surface area contributed by atoms with Crippen LogP contribution in [0, 0.1) is 5.41 Å². The zero-order valence-corrected chi connectivity index (χ0v) is 29.1. The van der Waals surface area contributed by atoms with Gasteiger partial charge in [-0.3, -0.25) is 14.7 Å². The molecule has 0 aromatic carbocycles. The van der Waals surface area contributed by atoms with Crippen molar-refractivity contribution in [2.75, 3.05) is 63.3 Å². The maximum atomic E-state index is 14.2. The van der Waals surface area contributed by atoms with Crippen molar-refractivity contribution in [3.8, 4) is 22.8 Å². The molecule has 4 aromatic heterocycles. The lowest BCUT2D eigenvalue weighted by atomic mass is 9.94. The SMILES string of the molecule is COCC(C)(C)CN(C)c1cc(-c2cnc(C3CC3)c(C(F)(F)F)c2)nc2nc(-c3cnc(N4CCN(CCCC(=O)O)[C@@H](C)C4)cn3)[nH]c12. The lowest BCUT2D eigenvalue weighted by Gasteiger charge is -2.40. The summed E-state index contributed by atoms with van der Waals surface area (Å²) >= 11 is 0. The average Bonchev–Trinajstić information content (AvgIpc) is 3.82. The van der Waals surface area contributed by atoms with Crippen molar-refractivity contribution in [2.24, 2.45) is 5.41 Å². The van der Waals surface area contributed by atoms with E-state index in [1.807, 2.05) is 11.9 Å². The summed E-state index contributed by atoms with van der Waals surface area (Å²) in [6, 6.07) is 3.16. The number of carboxylic acid groups (broad SMARTS) is 1. The van der Waals surface area contributed by atoms with Crippen LogP contribution in [0.25, 0.3) is 33.9 Å². The highest BCUT2D eigenvalue weighted by molar-refractivity contribution is 5.91. The summed E-state index contributed by atoms with van der Waals surface area (Å²) < 4.78 is 47.9. The standard InChI is InChI=1S/C35H44F3N9O3/c1-21-18-47(12-11-46(21)10-6-7-29(48)49)28-17-39-26(16-40-28)32-43-31-27(45(4)19-34(2,3)20-50-5)14-25(42-33(31)44-32)23-13-24(35(36,37)38)30(41-15-23)22-8-9-22/h13-17,21-22H,6-12,18-20H2,1-5H3,(H,48,49)(H,42,43,44)/t21-/m0/s1. The van der Waals surface area contributed by atoms with E-state index >= 15 is 0 Å². The Bertz CT molecular complexity index is 1830. The summed E-state index contributed by atoms with van der Waals surface area (Å²) in [6.45, 7) is 10.4. The monoisotopic (exact) mass is 695 g/mol. The van der Waals surface area contributed by atoms with E-state index in [0.29, 0.717) is 66.5 Å². The largest absolute Gasteiger partial charge is 0.481 e. The number of alkyl halides is 3. The van der Waals surface area contributed by atoms with Gasteiger partial charge in [0, 0.05) is 75.9 Å². The molecule has 2 fully saturated rings. The predicted molar refractivity (Wildman–Crippen MR) is 184 cm³/mol. The minimum absolute atomic E-state index is 0.0946. The predicted octanol–water partition coefficient (Wildman–Crippen LogP) is 5.86. The number of carboxylic acids is 1. The number of nitrogens with zero attached hydrogens (tertiary/aromatic N) is 8. The molecule has 1 saturated carbocycles. The maximum Gasteiger partial charge on any atom is 0.418 e. The van der Waals surface area contributed by atoms with Gasteiger partial charge in [0.15, 0.2) is 11.5 Å². The molecular weight excluding hydrogens is 651 g/mol. The highest BCUT2D eigenvalue weighted by Crippen LogP contribution is 2.46. The molecule has 1 aliphatic heterocycles. The van der Waals surface area contributed by atoms with Crippen LogP contribution in [-0.4, -0.2) is 105 Å². The number of pyridine rings is 2. The van der Waals surface area contributed by atoms with E-state index < -0.39 is 17.7 Å². The van der Waals surface area contributed by atoms with Crippen molar-refractivity contribution in [2.45, 2.75) is 64.6 Å². The first kappa shape index (κ1) is 35.5. The third-order valence-corrected chi connectivity index (χ3v) is 9.34. The van der Waals surface area contributed by atoms with Crippen LogP contribution in [0.2, 0.25) is 0 Å². The van der Waals surface area contributed by atoms with E-state index in [4.69, 9.17) is 24.8 Å². The zero-order valence-electron chi connectivity index (χ0n) is 29.1. The molecule has 12 nitrogen and oxygen atoms in total. The Kier molecular flexibility index (Phi) is 10.00. The first-order chi connectivity index (χ1) is 23.7. The maximum absolute atomic E-state index is 14.2. The van der Waals surface area contributed by atoms with Gasteiger partial charge >= 0.3 is 12.1 Å². The van der Waals surface area contributed by atoms with Crippen molar-refractivity contribution in [3.63, 3.8) is 0 Å². The highest BCUT2D eigenvalue weighted by atomic mass is 19.4. The molecule has 0 radical (unpaired) electrons. The Labute approximate surface area is 289 Å². The Hall–Kier alpha value is -4.37. The molecule has 6 rings (SSSR count). The van der Waals surface area contributed by atoms with Gasteiger partial charge in [-0.15, -0.1) is 0 Å². The van der Waals surface area contributed by atoms with E-state index in [1.165, 1.54) is 6.20 Å². The lowest BCUT2D eigenvalue weighted by Crippen LogP contribution is -2.52. The minimum Gasteiger partial charge on any atom is -0.481 e. The van der Waals surface area contributed by atoms with Gasteiger partial charge in [0.2, 0.25) is 0 Å². The number of fused-ring (bicyclic) bond motifs is 1. The Morgan fingerprint density at radius 3 is 2.50 bits per heavy atom. The number of hydrogen-bond donors (Lipinski definition) is 2. The number of methoxy groups -OCH3 is 1. The second kappa shape index (κ2) is 14.1. The van der Waals surface area contributed by atoms with Crippen LogP contribution in [0.3, 0.4) is 0 Å². The van der Waals surface area contributed by atoms with Crippen molar-refractivity contribution in [3.05, 3.63) is 42.0 Å². The summed E-state index contributed by atoms with van der Waals surface area (Å²) in [6.07, 6.45) is 2.49. The fourth-order valence-electron chi connectivity index (χ4n) is 6.81. The second-order valence-corrected chi connectivity index (χ2v) is 14.3. The lowest BCUT2D eigenvalue weighted by molar-refractivity contribution is -0.139. The van der Waals surface area contributed by atoms with E-state index in [9.17, 15) is 18.0 Å². The number of halogens is 3. The van der Waals surface area contributed by atoms with Crippen LogP contribution in [0.4, 0.5) is 24.7 Å². The summed E-state index contributed by atoms with van der Waals surface area (Å²) in [4.78, 5) is 43.9. The third kappa shape index (κ3) is 7.99. The molecule has 1 atom stereocenters. The van der Waals surface area contributed by atoms with Crippen LogP contribution in [-0.2, 0) is 15.7 Å². The first-order valence-corrected chi connectivity index (χ1v) is 16.9. The number of aromatic nitrogens is 6. The second-order valence-electron chi connectivity index (χ2n) is 14.3. The van der Waals surface area contributed by atoms with E-state index in [2.05, 4.69) is 45.5 Å². The van der Waals surface area contributed by atoms with Crippen molar-refractivity contribution < 1.29 is 27.8 Å². The van der Waals surface area contributed by atoms with Crippen LogP contribution in [0.1, 0.15) is 63.6 Å². The highest BCUT2D eigenvalue weighted by Gasteiger charge is 2.40. The van der Waals surface area contributed by atoms with Gasteiger partial charge < -0.3 is 24.6 Å². The quantitative estimate of drug-likeness (QED) is 0.174. The van der Waals surface area contributed by atoms with Gasteiger partial charge in [0.1, 0.15) is 17.0 Å². The average molecular weight is 696 g/mol. The number of imidazole rings is 1. The molecule has 2 N–H and O–H groups in total.